The number of nitrogens with two attached hydrogens (primary N) is 1. The number of fused-ring (bicyclic) bond motifs is 1. The number of nitrogens with one attached hydrogen (secondary N) is 2. The predicted molar refractivity (Wildman–Crippen MR) is 189 cm³/mol. The molecule has 8 rings (SSSR count). The summed E-state index contributed by atoms with van der Waals surface area (Å²) in [5.74, 6) is -1.50. The summed E-state index contributed by atoms with van der Waals surface area (Å²) >= 11 is 0. The second kappa shape index (κ2) is 13.5. The van der Waals surface area contributed by atoms with Gasteiger partial charge in [-0.05, 0) is 67.3 Å². The quantitative estimate of drug-likeness (QED) is 0.214. The van der Waals surface area contributed by atoms with Crippen LogP contribution in [0.1, 0.15) is 50.5 Å². The van der Waals surface area contributed by atoms with E-state index in [1.54, 1.807) is 35.3 Å². The van der Waals surface area contributed by atoms with Gasteiger partial charge in [0.15, 0.2) is 17.3 Å². The highest BCUT2D eigenvalue weighted by atomic mass is 16.2. The van der Waals surface area contributed by atoms with Gasteiger partial charge in [0.25, 0.3) is 17.7 Å². The molecular formula is C36H37N11O5. The van der Waals surface area contributed by atoms with E-state index in [0.29, 0.717) is 22.9 Å². The lowest BCUT2D eigenvalue weighted by Gasteiger charge is -2.37. The highest BCUT2D eigenvalue weighted by molar-refractivity contribution is 6.23. The van der Waals surface area contributed by atoms with Gasteiger partial charge in [-0.1, -0.05) is 0 Å². The van der Waals surface area contributed by atoms with Crippen molar-refractivity contribution in [3.63, 3.8) is 0 Å². The Bertz CT molecular complexity index is 2060. The number of imide groups is 2. The lowest BCUT2D eigenvalue weighted by atomic mass is 10.0. The molecule has 0 spiro atoms. The summed E-state index contributed by atoms with van der Waals surface area (Å²) in [6.07, 6.45) is 6.07. The number of benzene rings is 2. The van der Waals surface area contributed by atoms with Crippen LogP contribution in [0.5, 0.6) is 0 Å². The van der Waals surface area contributed by atoms with Gasteiger partial charge in [0.2, 0.25) is 11.8 Å². The Morgan fingerprint density at radius 1 is 0.904 bits per heavy atom. The van der Waals surface area contributed by atoms with Crippen molar-refractivity contribution in [2.45, 2.75) is 25.3 Å². The van der Waals surface area contributed by atoms with Crippen LogP contribution in [0.3, 0.4) is 0 Å². The minimum atomic E-state index is -0.975. The van der Waals surface area contributed by atoms with Gasteiger partial charge in [-0.3, -0.25) is 39.1 Å². The molecule has 5 amide bonds. The molecule has 1 unspecified atom stereocenters. The molecular weight excluding hydrogens is 666 g/mol. The van der Waals surface area contributed by atoms with Crippen molar-refractivity contribution in [1.82, 2.24) is 34.9 Å². The molecule has 4 aliphatic heterocycles. The molecule has 4 aromatic rings. The number of amides is 5. The molecule has 16 nitrogen and oxygen atoms in total. The molecule has 2 aromatic carbocycles. The summed E-state index contributed by atoms with van der Waals surface area (Å²) < 4.78 is 1.55. The molecule has 2 aromatic heterocycles. The molecule has 3 fully saturated rings. The fraction of sp³-hybridized carbons (Fsp3) is 0.333. The number of carbonyl (C=O) groups is 5. The molecule has 2 atom stereocenters. The zero-order valence-electron chi connectivity index (χ0n) is 28.3. The third kappa shape index (κ3) is 6.32. The van der Waals surface area contributed by atoms with Gasteiger partial charge < -0.3 is 20.9 Å². The Kier molecular flexibility index (Phi) is 8.58. The number of nitrogens with zero attached hydrogens (tertiary/aromatic N) is 8. The SMILES string of the molecule is NC(=O)c1ncc(-n2cccn2)nc1Nc1ccc(N2CCN(C[C@H]3CCN(c4ccc5c(c4)C(=O)N(C4CCC(=O)NC4=O)C5=O)C3)CC2)cc1. The van der Waals surface area contributed by atoms with E-state index in [4.69, 9.17) is 5.73 Å². The molecule has 4 N–H and O–H groups in total. The van der Waals surface area contributed by atoms with Crippen LogP contribution in [0.15, 0.2) is 67.1 Å². The number of hydrogen-bond donors (Lipinski definition) is 3. The first-order chi connectivity index (χ1) is 25.2. The Hall–Kier alpha value is -6.16. The third-order valence-electron chi connectivity index (χ3n) is 10.2. The molecule has 0 saturated carbocycles. The summed E-state index contributed by atoms with van der Waals surface area (Å²) in [6.45, 7) is 6.30. The molecule has 6 heterocycles. The Morgan fingerprint density at radius 3 is 2.40 bits per heavy atom. The number of aromatic nitrogens is 4. The van der Waals surface area contributed by atoms with Crippen molar-refractivity contribution in [3.05, 3.63) is 83.9 Å². The van der Waals surface area contributed by atoms with Crippen LogP contribution in [0.25, 0.3) is 5.82 Å². The van der Waals surface area contributed by atoms with E-state index in [-0.39, 0.29) is 24.4 Å². The van der Waals surface area contributed by atoms with Crippen LogP contribution in [-0.2, 0) is 9.59 Å². The lowest BCUT2D eigenvalue weighted by Crippen LogP contribution is -2.54. The van der Waals surface area contributed by atoms with E-state index in [1.807, 2.05) is 30.3 Å². The molecule has 0 radical (unpaired) electrons. The largest absolute Gasteiger partial charge is 0.371 e. The average molecular weight is 704 g/mol. The first kappa shape index (κ1) is 33.0. The van der Waals surface area contributed by atoms with E-state index >= 15 is 0 Å². The summed E-state index contributed by atoms with van der Waals surface area (Å²) in [5, 5.41) is 9.59. The number of piperazine rings is 1. The lowest BCUT2D eigenvalue weighted by molar-refractivity contribution is -0.136. The van der Waals surface area contributed by atoms with Gasteiger partial charge in [-0.2, -0.15) is 5.10 Å². The van der Waals surface area contributed by atoms with Gasteiger partial charge in [-0.15, -0.1) is 0 Å². The average Bonchev–Trinajstić information content (AvgIpc) is 3.90. The Morgan fingerprint density at radius 2 is 1.67 bits per heavy atom. The van der Waals surface area contributed by atoms with Crippen molar-refractivity contribution in [2.24, 2.45) is 11.7 Å². The molecule has 0 bridgehead atoms. The zero-order chi connectivity index (χ0) is 35.9. The molecule has 4 aliphatic rings. The van der Waals surface area contributed by atoms with Crippen LogP contribution in [0.2, 0.25) is 0 Å². The maximum absolute atomic E-state index is 13.3. The monoisotopic (exact) mass is 703 g/mol. The zero-order valence-corrected chi connectivity index (χ0v) is 28.3. The maximum atomic E-state index is 13.3. The summed E-state index contributed by atoms with van der Waals surface area (Å²) in [6, 6.07) is 14.1. The van der Waals surface area contributed by atoms with Crippen LogP contribution in [0, 0.1) is 5.92 Å². The standard InChI is InChI=1S/C36H37N11O5/c37-32(49)31-33(41-29(19-38-31)46-12-1-11-39-46)40-23-2-4-24(5-3-23)44-16-14-43(15-17-44)20-22-10-13-45(21-22)25-6-7-26-27(18-25)36(52)47(35(26)51)28-8-9-30(48)42-34(28)50/h1-7,11-12,18-19,22,28H,8-10,13-17,20-21H2,(H2,37,49)(H,40,41)(H,42,48,50)/t22-,28?/m1/s1. The maximum Gasteiger partial charge on any atom is 0.271 e. The Labute approximate surface area is 298 Å². The fourth-order valence-electron chi connectivity index (χ4n) is 7.48. The minimum absolute atomic E-state index is 0.0405. The van der Waals surface area contributed by atoms with E-state index in [9.17, 15) is 24.0 Å². The second-order valence-corrected chi connectivity index (χ2v) is 13.5. The number of hydrogen-bond acceptors (Lipinski definition) is 12. The second-order valence-electron chi connectivity index (χ2n) is 13.5. The minimum Gasteiger partial charge on any atom is -0.371 e. The van der Waals surface area contributed by atoms with Gasteiger partial charge >= 0.3 is 0 Å². The molecule has 266 valence electrons. The summed E-state index contributed by atoms with van der Waals surface area (Å²) in [7, 11) is 0. The van der Waals surface area contributed by atoms with Crippen LogP contribution in [0.4, 0.5) is 22.9 Å². The van der Waals surface area contributed by atoms with Crippen LogP contribution >= 0.6 is 0 Å². The Balaban J connectivity index is 0.841. The number of primary amides is 1. The van der Waals surface area contributed by atoms with E-state index in [1.165, 1.54) is 6.20 Å². The van der Waals surface area contributed by atoms with Crippen molar-refractivity contribution < 1.29 is 24.0 Å². The van der Waals surface area contributed by atoms with Crippen LogP contribution < -0.4 is 26.2 Å². The number of piperidine rings is 1. The molecule has 16 heteroatoms. The third-order valence-corrected chi connectivity index (χ3v) is 10.2. The van der Waals surface area contributed by atoms with Gasteiger partial charge in [-0.25, -0.2) is 14.6 Å². The predicted octanol–water partition coefficient (Wildman–Crippen LogP) is 1.55. The summed E-state index contributed by atoms with van der Waals surface area (Å²) in [5.41, 5.74) is 8.93. The smallest absolute Gasteiger partial charge is 0.271 e. The van der Waals surface area contributed by atoms with E-state index < -0.39 is 35.6 Å². The van der Waals surface area contributed by atoms with E-state index in [0.717, 1.165) is 74.2 Å². The first-order valence-electron chi connectivity index (χ1n) is 17.3. The van der Waals surface area contributed by atoms with Gasteiger partial charge in [0.05, 0.1) is 17.3 Å². The molecule has 3 saturated heterocycles. The normalized spacial score (nSPS) is 20.7. The summed E-state index contributed by atoms with van der Waals surface area (Å²) in [4.78, 5) is 79.3. The first-order valence-corrected chi connectivity index (χ1v) is 17.3. The van der Waals surface area contributed by atoms with Crippen molar-refractivity contribution in [1.29, 1.82) is 0 Å². The van der Waals surface area contributed by atoms with Crippen molar-refractivity contribution in [2.75, 3.05) is 60.9 Å². The van der Waals surface area contributed by atoms with E-state index in [2.05, 4.69) is 40.4 Å². The highest BCUT2D eigenvalue weighted by Crippen LogP contribution is 2.33. The number of anilines is 4. The van der Waals surface area contributed by atoms with Crippen LogP contribution in [-0.4, -0.2) is 111 Å². The number of rotatable bonds is 9. The molecule has 52 heavy (non-hydrogen) atoms. The fourth-order valence-corrected chi connectivity index (χ4v) is 7.48. The number of carbonyl (C=O) groups excluding carboxylic acids is 5. The molecule has 0 aliphatic carbocycles. The highest BCUT2D eigenvalue weighted by Gasteiger charge is 2.45. The van der Waals surface area contributed by atoms with Gasteiger partial charge in [0, 0.05) is 81.7 Å². The van der Waals surface area contributed by atoms with Crippen molar-refractivity contribution in [3.8, 4) is 5.82 Å². The van der Waals surface area contributed by atoms with Crippen molar-refractivity contribution >= 4 is 52.4 Å². The van der Waals surface area contributed by atoms with Gasteiger partial charge in [0.1, 0.15) is 6.04 Å². The topological polar surface area (TPSA) is 192 Å².